The van der Waals surface area contributed by atoms with Crippen LogP contribution in [0.15, 0.2) is 6.07 Å². The lowest BCUT2D eigenvalue weighted by Crippen LogP contribution is -2.11. The maximum Gasteiger partial charge on any atom is 0.224 e. The van der Waals surface area contributed by atoms with E-state index in [0.29, 0.717) is 18.4 Å². The Morgan fingerprint density at radius 2 is 2.19 bits per heavy atom. The van der Waals surface area contributed by atoms with E-state index in [4.69, 9.17) is 5.11 Å². The first-order valence-corrected chi connectivity index (χ1v) is 5.81. The second kappa shape index (κ2) is 5.12. The van der Waals surface area contributed by atoms with Gasteiger partial charge < -0.3 is 15.7 Å². The summed E-state index contributed by atoms with van der Waals surface area (Å²) in [5, 5.41) is 15.0. The predicted octanol–water partition coefficient (Wildman–Crippen LogP) is 1.19. The van der Waals surface area contributed by atoms with Gasteiger partial charge in [-0.2, -0.15) is 4.98 Å². The van der Waals surface area contributed by atoms with Crippen LogP contribution in [-0.2, 0) is 0 Å². The zero-order valence-electron chi connectivity index (χ0n) is 9.53. The van der Waals surface area contributed by atoms with E-state index in [2.05, 4.69) is 20.6 Å². The van der Waals surface area contributed by atoms with Gasteiger partial charge in [0.15, 0.2) is 0 Å². The zero-order chi connectivity index (χ0) is 11.4. The summed E-state index contributed by atoms with van der Waals surface area (Å²) in [6.07, 6.45) is 2.45. The van der Waals surface area contributed by atoms with Crippen molar-refractivity contribution in [3.63, 3.8) is 0 Å². The molecule has 0 aromatic carbocycles. The molecule has 16 heavy (non-hydrogen) atoms. The molecule has 1 saturated carbocycles. The normalized spacial score (nSPS) is 14.9. The standard InChI is InChI=1S/C11H18N4O/c1-2-12-10-7-9(8-3-4-8)14-11(15-10)13-5-6-16/h7-8,16H,2-6H2,1H3,(H2,12,13,14,15). The van der Waals surface area contributed by atoms with Crippen molar-refractivity contribution in [2.24, 2.45) is 0 Å². The van der Waals surface area contributed by atoms with Gasteiger partial charge in [0.05, 0.1) is 12.3 Å². The Hall–Kier alpha value is -1.36. The molecular formula is C11H18N4O. The van der Waals surface area contributed by atoms with Crippen LogP contribution in [-0.4, -0.2) is 34.8 Å². The van der Waals surface area contributed by atoms with Crippen molar-refractivity contribution in [3.05, 3.63) is 11.8 Å². The van der Waals surface area contributed by atoms with Gasteiger partial charge in [0.2, 0.25) is 5.95 Å². The number of aliphatic hydroxyl groups excluding tert-OH is 1. The number of hydrogen-bond acceptors (Lipinski definition) is 5. The molecule has 1 aliphatic carbocycles. The van der Waals surface area contributed by atoms with Gasteiger partial charge in [-0.05, 0) is 19.8 Å². The van der Waals surface area contributed by atoms with Crippen LogP contribution in [0.25, 0.3) is 0 Å². The first-order valence-electron chi connectivity index (χ1n) is 5.81. The Morgan fingerprint density at radius 3 is 2.81 bits per heavy atom. The number of nitrogens with one attached hydrogen (secondary N) is 2. The van der Waals surface area contributed by atoms with Gasteiger partial charge in [0.25, 0.3) is 0 Å². The number of aromatic nitrogens is 2. The molecule has 0 bridgehead atoms. The topological polar surface area (TPSA) is 70.1 Å². The molecule has 3 N–H and O–H groups in total. The Labute approximate surface area is 95.3 Å². The molecule has 0 saturated heterocycles. The highest BCUT2D eigenvalue weighted by molar-refractivity contribution is 5.43. The largest absolute Gasteiger partial charge is 0.395 e. The van der Waals surface area contributed by atoms with E-state index in [0.717, 1.165) is 18.1 Å². The van der Waals surface area contributed by atoms with E-state index in [1.807, 2.05) is 13.0 Å². The minimum Gasteiger partial charge on any atom is -0.395 e. The molecule has 88 valence electrons. The molecule has 1 fully saturated rings. The minimum absolute atomic E-state index is 0.0908. The summed E-state index contributed by atoms with van der Waals surface area (Å²) in [5.74, 6) is 2.07. The third kappa shape index (κ3) is 2.82. The van der Waals surface area contributed by atoms with E-state index in [9.17, 15) is 0 Å². The quantitative estimate of drug-likeness (QED) is 0.674. The van der Waals surface area contributed by atoms with Gasteiger partial charge in [-0.1, -0.05) is 0 Å². The predicted molar refractivity (Wildman–Crippen MR) is 63.7 cm³/mol. The highest BCUT2D eigenvalue weighted by atomic mass is 16.3. The Morgan fingerprint density at radius 1 is 1.38 bits per heavy atom. The molecule has 1 heterocycles. The second-order valence-corrected chi connectivity index (χ2v) is 3.96. The second-order valence-electron chi connectivity index (χ2n) is 3.96. The molecule has 0 atom stereocenters. The number of nitrogens with zero attached hydrogens (tertiary/aromatic N) is 2. The lowest BCUT2D eigenvalue weighted by atomic mass is 10.3. The third-order valence-electron chi connectivity index (χ3n) is 2.49. The highest BCUT2D eigenvalue weighted by Gasteiger charge is 2.26. The molecule has 1 aromatic heterocycles. The summed E-state index contributed by atoms with van der Waals surface area (Å²) >= 11 is 0. The minimum atomic E-state index is 0.0908. The van der Waals surface area contributed by atoms with Crippen LogP contribution >= 0.6 is 0 Å². The SMILES string of the molecule is CCNc1cc(C2CC2)nc(NCCO)n1. The third-order valence-corrected chi connectivity index (χ3v) is 2.49. The fourth-order valence-corrected chi connectivity index (χ4v) is 1.57. The van der Waals surface area contributed by atoms with E-state index >= 15 is 0 Å². The van der Waals surface area contributed by atoms with Crippen molar-refractivity contribution in [2.45, 2.75) is 25.7 Å². The average molecular weight is 222 g/mol. The maximum absolute atomic E-state index is 8.76. The van der Waals surface area contributed by atoms with E-state index in [-0.39, 0.29) is 6.61 Å². The number of anilines is 2. The number of hydrogen-bond donors (Lipinski definition) is 3. The van der Waals surface area contributed by atoms with Gasteiger partial charge in [0.1, 0.15) is 5.82 Å². The molecule has 0 radical (unpaired) electrons. The summed E-state index contributed by atoms with van der Waals surface area (Å²) < 4.78 is 0. The van der Waals surface area contributed by atoms with Gasteiger partial charge in [-0.15, -0.1) is 0 Å². The number of rotatable bonds is 6. The monoisotopic (exact) mass is 222 g/mol. The fourth-order valence-electron chi connectivity index (χ4n) is 1.57. The van der Waals surface area contributed by atoms with Crippen LogP contribution in [0.4, 0.5) is 11.8 Å². The highest BCUT2D eigenvalue weighted by Crippen LogP contribution is 2.39. The van der Waals surface area contributed by atoms with Crippen LogP contribution in [0.2, 0.25) is 0 Å². The molecule has 0 unspecified atom stereocenters. The van der Waals surface area contributed by atoms with E-state index < -0.39 is 0 Å². The van der Waals surface area contributed by atoms with Crippen molar-refractivity contribution in [2.75, 3.05) is 30.3 Å². The Bertz CT molecular complexity index is 352. The summed E-state index contributed by atoms with van der Waals surface area (Å²) in [6.45, 7) is 3.47. The Balaban J connectivity index is 2.14. The van der Waals surface area contributed by atoms with Crippen LogP contribution in [0.5, 0.6) is 0 Å². The smallest absolute Gasteiger partial charge is 0.224 e. The summed E-state index contributed by atoms with van der Waals surface area (Å²) in [7, 11) is 0. The molecule has 5 nitrogen and oxygen atoms in total. The van der Waals surface area contributed by atoms with Crippen molar-refractivity contribution in [1.82, 2.24) is 9.97 Å². The van der Waals surface area contributed by atoms with E-state index in [1.54, 1.807) is 0 Å². The molecule has 0 aliphatic heterocycles. The molecule has 0 spiro atoms. The van der Waals surface area contributed by atoms with Crippen LogP contribution < -0.4 is 10.6 Å². The first kappa shape index (κ1) is 11.1. The summed E-state index contributed by atoms with van der Waals surface area (Å²) in [6, 6.07) is 2.02. The zero-order valence-corrected chi connectivity index (χ0v) is 9.53. The number of aliphatic hydroxyl groups is 1. The van der Waals surface area contributed by atoms with Crippen molar-refractivity contribution in [1.29, 1.82) is 0 Å². The van der Waals surface area contributed by atoms with Crippen molar-refractivity contribution < 1.29 is 5.11 Å². The lowest BCUT2D eigenvalue weighted by Gasteiger charge is -2.09. The van der Waals surface area contributed by atoms with Gasteiger partial charge >= 0.3 is 0 Å². The molecule has 2 rings (SSSR count). The summed E-state index contributed by atoms with van der Waals surface area (Å²) in [4.78, 5) is 8.77. The molecule has 1 aliphatic rings. The maximum atomic E-state index is 8.76. The molecule has 5 heteroatoms. The van der Waals surface area contributed by atoms with Gasteiger partial charge in [-0.3, -0.25) is 0 Å². The molecule has 1 aromatic rings. The summed E-state index contributed by atoms with van der Waals surface area (Å²) in [5.41, 5.74) is 1.10. The van der Waals surface area contributed by atoms with Crippen LogP contribution in [0.1, 0.15) is 31.4 Å². The Kier molecular flexibility index (Phi) is 3.56. The first-order chi connectivity index (χ1) is 7.83. The fraction of sp³-hybridized carbons (Fsp3) is 0.636. The molecule has 0 amide bonds. The van der Waals surface area contributed by atoms with Crippen molar-refractivity contribution >= 4 is 11.8 Å². The van der Waals surface area contributed by atoms with Gasteiger partial charge in [-0.25, -0.2) is 4.98 Å². The van der Waals surface area contributed by atoms with Crippen LogP contribution in [0.3, 0.4) is 0 Å². The van der Waals surface area contributed by atoms with Gasteiger partial charge in [0, 0.05) is 25.1 Å². The van der Waals surface area contributed by atoms with Crippen LogP contribution in [0, 0.1) is 0 Å². The average Bonchev–Trinajstić information content (AvgIpc) is 3.10. The molecular weight excluding hydrogens is 204 g/mol. The van der Waals surface area contributed by atoms with E-state index in [1.165, 1.54) is 12.8 Å². The van der Waals surface area contributed by atoms with Crippen molar-refractivity contribution in [3.8, 4) is 0 Å². The lowest BCUT2D eigenvalue weighted by molar-refractivity contribution is 0.311.